The zero-order valence-electron chi connectivity index (χ0n) is 9.71. The summed E-state index contributed by atoms with van der Waals surface area (Å²) in [5, 5.41) is 10.1. The number of rotatable bonds is 3. The molecule has 0 fully saturated rings. The van der Waals surface area contributed by atoms with Crippen molar-refractivity contribution >= 4 is 31.9 Å². The molecule has 2 rings (SSSR count). The van der Waals surface area contributed by atoms with E-state index in [0.717, 1.165) is 27.1 Å². The number of halogens is 4. The van der Waals surface area contributed by atoms with E-state index in [0.29, 0.717) is 5.56 Å². The Labute approximate surface area is 126 Å². The Morgan fingerprint density at radius 1 is 1.00 bits per heavy atom. The van der Waals surface area contributed by atoms with Crippen molar-refractivity contribution in [1.82, 2.24) is 0 Å². The predicted molar refractivity (Wildman–Crippen MR) is 76.9 cm³/mol. The van der Waals surface area contributed by atoms with Crippen LogP contribution in [-0.2, 0) is 6.42 Å². The molecule has 0 aliphatic heterocycles. The van der Waals surface area contributed by atoms with Crippen LogP contribution in [0.5, 0.6) is 0 Å². The van der Waals surface area contributed by atoms with Crippen molar-refractivity contribution in [1.29, 1.82) is 0 Å². The van der Waals surface area contributed by atoms with Gasteiger partial charge in [-0.25, -0.2) is 8.78 Å². The van der Waals surface area contributed by atoms with Crippen LogP contribution in [0.1, 0.15) is 17.2 Å². The fourth-order valence-electron chi connectivity index (χ4n) is 1.79. The van der Waals surface area contributed by atoms with Crippen LogP contribution in [0.4, 0.5) is 8.78 Å². The van der Waals surface area contributed by atoms with Gasteiger partial charge in [-0.2, -0.15) is 0 Å². The Balaban J connectivity index is 2.25. The van der Waals surface area contributed by atoms with E-state index in [9.17, 15) is 13.9 Å². The molecule has 1 unspecified atom stereocenters. The van der Waals surface area contributed by atoms with Crippen molar-refractivity contribution in [3.63, 3.8) is 0 Å². The molecule has 0 heterocycles. The fourth-order valence-corrected chi connectivity index (χ4v) is 3.12. The summed E-state index contributed by atoms with van der Waals surface area (Å²) in [7, 11) is 0. The van der Waals surface area contributed by atoms with Crippen molar-refractivity contribution in [2.75, 3.05) is 0 Å². The molecule has 5 heteroatoms. The van der Waals surface area contributed by atoms with Gasteiger partial charge in [0.15, 0.2) is 0 Å². The highest BCUT2D eigenvalue weighted by Gasteiger charge is 2.13. The first kappa shape index (κ1) is 14.6. The number of benzene rings is 2. The molecule has 0 bridgehead atoms. The van der Waals surface area contributed by atoms with E-state index in [-0.39, 0.29) is 12.0 Å². The van der Waals surface area contributed by atoms with Gasteiger partial charge in [-0.05, 0) is 47.5 Å². The van der Waals surface area contributed by atoms with E-state index in [1.165, 1.54) is 0 Å². The van der Waals surface area contributed by atoms with E-state index < -0.39 is 17.7 Å². The lowest BCUT2D eigenvalue weighted by Gasteiger charge is -2.13. The van der Waals surface area contributed by atoms with Crippen LogP contribution in [0.25, 0.3) is 0 Å². The first-order valence-electron chi connectivity index (χ1n) is 5.53. The van der Waals surface area contributed by atoms with Crippen LogP contribution in [-0.4, -0.2) is 5.11 Å². The first-order chi connectivity index (χ1) is 8.95. The zero-order valence-corrected chi connectivity index (χ0v) is 12.9. The molecule has 0 saturated heterocycles. The van der Waals surface area contributed by atoms with Crippen LogP contribution in [0.15, 0.2) is 45.3 Å². The maximum absolute atomic E-state index is 13.5. The summed E-state index contributed by atoms with van der Waals surface area (Å²) < 4.78 is 28.2. The molecule has 1 N–H and O–H groups in total. The molecule has 1 atom stereocenters. The van der Waals surface area contributed by atoms with Gasteiger partial charge in [0.1, 0.15) is 11.6 Å². The number of aliphatic hydroxyl groups is 1. The van der Waals surface area contributed by atoms with Crippen molar-refractivity contribution in [2.24, 2.45) is 0 Å². The Kier molecular flexibility index (Phi) is 4.71. The molecule has 0 saturated carbocycles. The third-order valence-corrected chi connectivity index (χ3v) is 3.61. The minimum Gasteiger partial charge on any atom is -0.388 e. The second kappa shape index (κ2) is 6.11. The third-order valence-electron chi connectivity index (χ3n) is 2.69. The maximum Gasteiger partial charge on any atom is 0.126 e. The molecule has 0 spiro atoms. The minimum atomic E-state index is -0.898. The van der Waals surface area contributed by atoms with Gasteiger partial charge in [-0.15, -0.1) is 0 Å². The van der Waals surface area contributed by atoms with Crippen LogP contribution >= 0.6 is 31.9 Å². The van der Waals surface area contributed by atoms with Crippen LogP contribution < -0.4 is 0 Å². The van der Waals surface area contributed by atoms with Gasteiger partial charge in [0.2, 0.25) is 0 Å². The summed E-state index contributed by atoms with van der Waals surface area (Å²) in [5.41, 5.74) is 0.786. The molecule has 2 aromatic rings. The smallest absolute Gasteiger partial charge is 0.126 e. The first-order valence-corrected chi connectivity index (χ1v) is 7.12. The van der Waals surface area contributed by atoms with Gasteiger partial charge in [0.05, 0.1) is 6.10 Å². The molecule has 2 aromatic carbocycles. The van der Waals surface area contributed by atoms with Crippen LogP contribution in [0.3, 0.4) is 0 Å². The molecule has 0 amide bonds. The fraction of sp³-hybridized carbons (Fsp3) is 0.143. The summed E-state index contributed by atoms with van der Waals surface area (Å²) in [6.45, 7) is 0. The molecule has 0 aliphatic carbocycles. The Morgan fingerprint density at radius 2 is 1.63 bits per heavy atom. The monoisotopic (exact) mass is 390 g/mol. The topological polar surface area (TPSA) is 20.2 Å². The highest BCUT2D eigenvalue weighted by molar-refractivity contribution is 9.11. The van der Waals surface area contributed by atoms with Gasteiger partial charge in [0, 0.05) is 15.4 Å². The van der Waals surface area contributed by atoms with Gasteiger partial charge < -0.3 is 5.11 Å². The van der Waals surface area contributed by atoms with Crippen molar-refractivity contribution < 1.29 is 13.9 Å². The lowest BCUT2D eigenvalue weighted by Crippen LogP contribution is -2.04. The highest BCUT2D eigenvalue weighted by atomic mass is 79.9. The lowest BCUT2D eigenvalue weighted by molar-refractivity contribution is 0.177. The average molecular weight is 392 g/mol. The molecular formula is C14H10Br2F2O. The third kappa shape index (κ3) is 3.84. The predicted octanol–water partition coefficient (Wildman–Crippen LogP) is 4.77. The molecule has 0 radical (unpaired) electrons. The van der Waals surface area contributed by atoms with Crippen molar-refractivity contribution in [3.8, 4) is 0 Å². The number of aliphatic hydroxyl groups excluding tert-OH is 1. The molecule has 19 heavy (non-hydrogen) atoms. The number of hydrogen-bond acceptors (Lipinski definition) is 1. The maximum atomic E-state index is 13.5. The summed E-state index contributed by atoms with van der Waals surface area (Å²) in [6, 6.07) is 8.54. The van der Waals surface area contributed by atoms with Crippen molar-refractivity contribution in [3.05, 3.63) is 68.1 Å². The molecule has 100 valence electrons. The zero-order chi connectivity index (χ0) is 14.0. The molecular weight excluding hydrogens is 382 g/mol. The normalized spacial score (nSPS) is 12.5. The molecule has 0 aromatic heterocycles. The minimum absolute atomic E-state index is 0.0203. The van der Waals surface area contributed by atoms with Crippen LogP contribution in [0, 0.1) is 11.6 Å². The van der Waals surface area contributed by atoms with Crippen LogP contribution in [0.2, 0.25) is 0 Å². The summed E-state index contributed by atoms with van der Waals surface area (Å²) in [4.78, 5) is 0. The van der Waals surface area contributed by atoms with Gasteiger partial charge >= 0.3 is 0 Å². The summed E-state index contributed by atoms with van der Waals surface area (Å²) >= 11 is 6.64. The second-order valence-corrected chi connectivity index (χ2v) is 5.99. The Bertz CT molecular complexity index is 582. The van der Waals surface area contributed by atoms with E-state index in [1.807, 2.05) is 6.07 Å². The SMILES string of the molecule is OC(Cc1cc(F)ccc1F)c1cc(Br)cc(Br)c1. The second-order valence-electron chi connectivity index (χ2n) is 4.16. The average Bonchev–Trinajstić information content (AvgIpc) is 2.32. The van der Waals surface area contributed by atoms with Gasteiger partial charge in [-0.1, -0.05) is 31.9 Å². The standard InChI is InChI=1S/C14H10Br2F2O/c15-10-3-9(4-11(16)7-10)14(19)6-8-5-12(17)1-2-13(8)18/h1-5,7,14,19H,6H2. The van der Waals surface area contributed by atoms with Gasteiger partial charge in [0.25, 0.3) is 0 Å². The summed E-state index contributed by atoms with van der Waals surface area (Å²) in [6.07, 6.45) is -0.878. The van der Waals surface area contributed by atoms with E-state index in [2.05, 4.69) is 31.9 Å². The molecule has 0 aliphatic rings. The Hall–Kier alpha value is -0.780. The van der Waals surface area contributed by atoms with Gasteiger partial charge in [-0.3, -0.25) is 0 Å². The quantitative estimate of drug-likeness (QED) is 0.799. The van der Waals surface area contributed by atoms with Crippen molar-refractivity contribution in [2.45, 2.75) is 12.5 Å². The Morgan fingerprint density at radius 3 is 2.26 bits per heavy atom. The molecule has 1 nitrogen and oxygen atoms in total. The summed E-state index contributed by atoms with van der Waals surface area (Å²) in [5.74, 6) is -1.03. The van der Waals surface area contributed by atoms with E-state index >= 15 is 0 Å². The van der Waals surface area contributed by atoms with E-state index in [1.54, 1.807) is 12.1 Å². The van der Waals surface area contributed by atoms with E-state index in [4.69, 9.17) is 0 Å². The largest absolute Gasteiger partial charge is 0.388 e. The lowest BCUT2D eigenvalue weighted by atomic mass is 10.0. The highest BCUT2D eigenvalue weighted by Crippen LogP contribution is 2.27. The number of hydrogen-bond donors (Lipinski definition) is 1.